The number of hydrogen-bond donors (Lipinski definition) is 3. The Kier molecular flexibility index (Phi) is 7.16. The van der Waals surface area contributed by atoms with Crippen LogP contribution in [0.2, 0.25) is 0 Å². The summed E-state index contributed by atoms with van der Waals surface area (Å²) in [4.78, 5) is 47.9. The summed E-state index contributed by atoms with van der Waals surface area (Å²) in [6.45, 7) is -0.398. The van der Waals surface area contributed by atoms with Crippen LogP contribution >= 0.6 is 46.4 Å². The van der Waals surface area contributed by atoms with E-state index in [9.17, 15) is 19.5 Å². The number of carbonyl (C=O) groups is 3. The summed E-state index contributed by atoms with van der Waals surface area (Å²) in [5, 5.41) is 32.0. The van der Waals surface area contributed by atoms with E-state index in [-0.39, 0.29) is 34.7 Å². The Balaban J connectivity index is 1.43. The van der Waals surface area contributed by atoms with Gasteiger partial charge in [-0.2, -0.15) is 14.6 Å². The zero-order chi connectivity index (χ0) is 24.3. The number of aromatic nitrogens is 4. The molecule has 2 fully saturated rings. The molecular formula is C16H15N9O5S4. The number of nitrogens with one attached hydrogen (secondary N) is 1. The predicted molar refractivity (Wildman–Crippen MR) is 123 cm³/mol. The Morgan fingerprint density at radius 2 is 2.35 bits per heavy atom. The summed E-state index contributed by atoms with van der Waals surface area (Å²) in [5.41, 5.74) is 5.64. The Morgan fingerprint density at radius 3 is 3.00 bits per heavy atom. The number of fused-ring (bicyclic) bond motifs is 1. The third-order valence-electron chi connectivity index (χ3n) is 4.85. The molecular weight excluding hydrogens is 527 g/mol. The highest BCUT2D eigenvalue weighted by Crippen LogP contribution is 2.44. The summed E-state index contributed by atoms with van der Waals surface area (Å²) in [6, 6.07) is 0.826. The lowest BCUT2D eigenvalue weighted by Gasteiger charge is -2.53. The molecule has 0 saturated carbocycles. The van der Waals surface area contributed by atoms with E-state index in [2.05, 4.69) is 30.0 Å². The minimum atomic E-state index is -1.16. The summed E-state index contributed by atoms with van der Waals surface area (Å²) in [5.74, 6) is -1.84. The molecule has 2 amide bonds. The summed E-state index contributed by atoms with van der Waals surface area (Å²) in [6.07, 6.45) is 0. The van der Waals surface area contributed by atoms with Crippen LogP contribution in [0.5, 0.6) is 0 Å². The average Bonchev–Trinajstić information content (AvgIpc) is 3.50. The lowest BCUT2D eigenvalue weighted by atomic mass is 9.89. The first-order valence-corrected chi connectivity index (χ1v) is 13.0. The number of rotatable bonds is 9. The van der Waals surface area contributed by atoms with E-state index in [1.54, 1.807) is 11.6 Å². The van der Waals surface area contributed by atoms with Gasteiger partial charge in [-0.15, -0.1) is 22.0 Å². The number of hydrogen-bond acceptors (Lipinski definition) is 15. The maximum absolute atomic E-state index is 12.8. The Morgan fingerprint density at radius 1 is 1.53 bits per heavy atom. The Bertz CT molecular complexity index is 1170. The van der Waals surface area contributed by atoms with Crippen LogP contribution in [0, 0.1) is 16.7 Å². The molecule has 178 valence electrons. The molecule has 4 rings (SSSR count). The molecule has 14 nitrogen and oxygen atoms in total. The average molecular weight is 542 g/mol. The van der Waals surface area contributed by atoms with Gasteiger partial charge in [-0.05, 0) is 0 Å². The Hall–Kier alpha value is -3.01. The van der Waals surface area contributed by atoms with E-state index in [1.807, 2.05) is 0 Å². The van der Waals surface area contributed by atoms with Gasteiger partial charge >= 0.3 is 5.97 Å². The van der Waals surface area contributed by atoms with Crippen LogP contribution in [0.1, 0.15) is 5.82 Å². The third-order valence-corrected chi connectivity index (χ3v) is 9.13. The summed E-state index contributed by atoms with van der Waals surface area (Å²) < 4.78 is 4.57. The van der Waals surface area contributed by atoms with Crippen molar-refractivity contribution in [3.8, 4) is 6.07 Å². The molecule has 3 atom stereocenters. The number of nitrogens with zero attached hydrogens (tertiary/aromatic N) is 7. The normalized spacial score (nSPS) is 24.0. The van der Waals surface area contributed by atoms with Gasteiger partial charge in [0.25, 0.3) is 5.91 Å². The van der Waals surface area contributed by atoms with Gasteiger partial charge in [0.05, 0.1) is 0 Å². The number of aliphatic carboxylic acids is 1. The summed E-state index contributed by atoms with van der Waals surface area (Å²) in [7, 11) is 0. The number of nitrogen functional groups attached to an aromatic ring is 1. The van der Waals surface area contributed by atoms with Crippen LogP contribution in [0.3, 0.4) is 0 Å². The SMILES string of the molecule is N#CCON=C(C(=O)NC1C(=O)N2CC(CSc3nncs3)(C(=O)O)CS[C@H]12)c1nsc(N)n1. The van der Waals surface area contributed by atoms with E-state index in [0.717, 1.165) is 11.5 Å². The van der Waals surface area contributed by atoms with Crippen LogP contribution in [0.25, 0.3) is 0 Å². The fraction of sp³-hybridized carbons (Fsp3) is 0.438. The number of thioether (sulfide) groups is 2. The van der Waals surface area contributed by atoms with Crippen molar-refractivity contribution in [3.63, 3.8) is 0 Å². The molecule has 0 spiro atoms. The molecule has 4 N–H and O–H groups in total. The van der Waals surface area contributed by atoms with Crippen molar-refractivity contribution in [3.05, 3.63) is 11.3 Å². The smallest absolute Gasteiger partial charge is 0.313 e. The molecule has 18 heteroatoms. The van der Waals surface area contributed by atoms with E-state index >= 15 is 0 Å². The second-order valence-electron chi connectivity index (χ2n) is 7.03. The highest BCUT2D eigenvalue weighted by molar-refractivity contribution is 8.01. The maximum atomic E-state index is 12.8. The lowest BCUT2D eigenvalue weighted by molar-refractivity contribution is -0.157. The molecule has 34 heavy (non-hydrogen) atoms. The van der Waals surface area contributed by atoms with Crippen LogP contribution in [-0.4, -0.2) is 89.1 Å². The fourth-order valence-electron chi connectivity index (χ4n) is 3.18. The highest BCUT2D eigenvalue weighted by atomic mass is 32.2. The first-order valence-electron chi connectivity index (χ1n) is 9.36. The molecule has 0 aromatic carbocycles. The molecule has 2 aliphatic heterocycles. The zero-order valence-electron chi connectivity index (χ0n) is 17.0. The van der Waals surface area contributed by atoms with E-state index < -0.39 is 41.2 Å². The van der Waals surface area contributed by atoms with Gasteiger partial charge in [-0.3, -0.25) is 14.4 Å². The van der Waals surface area contributed by atoms with Gasteiger partial charge in [0.15, 0.2) is 9.47 Å². The fourth-order valence-corrected chi connectivity index (χ4v) is 6.97. The highest BCUT2D eigenvalue weighted by Gasteiger charge is 2.57. The van der Waals surface area contributed by atoms with Crippen molar-refractivity contribution < 1.29 is 24.3 Å². The van der Waals surface area contributed by atoms with Crippen molar-refractivity contribution in [2.75, 3.05) is 30.4 Å². The molecule has 2 saturated heterocycles. The van der Waals surface area contributed by atoms with Crippen molar-refractivity contribution in [1.82, 2.24) is 29.8 Å². The second kappa shape index (κ2) is 10.1. The van der Waals surface area contributed by atoms with Crippen molar-refractivity contribution in [2.45, 2.75) is 15.8 Å². The number of nitriles is 1. The second-order valence-corrected chi connectivity index (χ2v) is 11.0. The number of β-lactam (4-membered cyclic amide) rings is 1. The zero-order valence-corrected chi connectivity index (χ0v) is 20.2. The van der Waals surface area contributed by atoms with Gasteiger partial charge in [0, 0.05) is 29.6 Å². The molecule has 0 radical (unpaired) electrons. The van der Waals surface area contributed by atoms with E-state index in [0.29, 0.717) is 4.34 Å². The number of carbonyl (C=O) groups excluding carboxylic acids is 2. The number of nitrogens with two attached hydrogens (primary N) is 1. The largest absolute Gasteiger partial charge is 0.481 e. The molecule has 2 aliphatic rings. The minimum absolute atomic E-state index is 0.00735. The standard InChI is InChI=1S/C16H15N9O5S4/c17-1-2-30-23-7(9-21-14(18)34-24-9)10(26)20-8-11(27)25-3-16(13(28)29,4-31-12(8)25)5-32-15-22-19-6-33-15/h6,8,12H,2-5H2,(H,20,26)(H,28,29)(H2,18,21,24)/t8?,12-,16?/m1/s1. The molecule has 2 unspecified atom stereocenters. The van der Waals surface area contributed by atoms with Crippen LogP contribution in [0.4, 0.5) is 5.13 Å². The van der Waals surface area contributed by atoms with Gasteiger partial charge < -0.3 is 25.9 Å². The Labute approximate surface area is 208 Å². The number of oxime groups is 1. The first-order chi connectivity index (χ1) is 16.3. The molecule has 4 heterocycles. The lowest BCUT2D eigenvalue weighted by Crippen LogP contribution is -2.74. The summed E-state index contributed by atoms with van der Waals surface area (Å²) >= 11 is 4.71. The molecule has 0 bridgehead atoms. The van der Waals surface area contributed by atoms with Gasteiger partial charge in [-0.1, -0.05) is 28.3 Å². The third kappa shape index (κ3) is 4.77. The topological polar surface area (TPSA) is 210 Å². The van der Waals surface area contributed by atoms with Crippen LogP contribution in [0.15, 0.2) is 15.0 Å². The number of carboxylic acid groups (broad SMARTS) is 1. The van der Waals surface area contributed by atoms with Gasteiger partial charge in [0.2, 0.25) is 24.1 Å². The quantitative estimate of drug-likeness (QED) is 0.120. The molecule has 2 aromatic heterocycles. The number of carboxylic acids is 1. The van der Waals surface area contributed by atoms with Crippen molar-refractivity contribution >= 4 is 75.0 Å². The predicted octanol–water partition coefficient (Wildman–Crippen LogP) is -0.521. The van der Waals surface area contributed by atoms with Gasteiger partial charge in [-0.25, -0.2) is 0 Å². The van der Waals surface area contributed by atoms with Crippen LogP contribution < -0.4 is 11.1 Å². The van der Waals surface area contributed by atoms with Crippen molar-refractivity contribution in [1.29, 1.82) is 5.26 Å². The van der Waals surface area contributed by atoms with Gasteiger partial charge in [0.1, 0.15) is 28.4 Å². The monoisotopic (exact) mass is 541 g/mol. The maximum Gasteiger partial charge on any atom is 0.313 e. The first kappa shape index (κ1) is 24.1. The van der Waals surface area contributed by atoms with E-state index in [4.69, 9.17) is 15.8 Å². The molecule has 2 aromatic rings. The van der Waals surface area contributed by atoms with Crippen LogP contribution in [-0.2, 0) is 19.2 Å². The number of amides is 2. The minimum Gasteiger partial charge on any atom is -0.481 e. The van der Waals surface area contributed by atoms with Crippen molar-refractivity contribution in [2.24, 2.45) is 10.6 Å². The number of anilines is 1. The molecule has 0 aliphatic carbocycles. The van der Waals surface area contributed by atoms with E-state index in [1.165, 1.54) is 39.8 Å².